The van der Waals surface area contributed by atoms with Crippen molar-refractivity contribution in [1.29, 1.82) is 0 Å². The molecule has 208 valence electrons. The number of rotatable bonds is 13. The maximum absolute atomic E-state index is 14.8. The molecular weight excluding hydrogens is 494 g/mol. The van der Waals surface area contributed by atoms with E-state index in [0.29, 0.717) is 48.3 Å². The Morgan fingerprint density at radius 3 is 2.24 bits per heavy atom. The van der Waals surface area contributed by atoms with Crippen LogP contribution in [0.3, 0.4) is 0 Å². The summed E-state index contributed by atoms with van der Waals surface area (Å²) in [7, 11) is 3.38. The zero-order valence-electron chi connectivity index (χ0n) is 22.7. The van der Waals surface area contributed by atoms with Gasteiger partial charge in [-0.25, -0.2) is 13.8 Å². The third-order valence-electron chi connectivity index (χ3n) is 4.87. The van der Waals surface area contributed by atoms with E-state index in [1.807, 2.05) is 7.05 Å². The van der Waals surface area contributed by atoms with Crippen LogP contribution in [0.5, 0.6) is 5.75 Å². The Hall–Kier alpha value is -3.63. The van der Waals surface area contributed by atoms with E-state index in [-0.39, 0.29) is 17.5 Å². The fourth-order valence-corrected chi connectivity index (χ4v) is 3.00. The predicted octanol–water partition coefficient (Wildman–Crippen LogP) is 3.40. The second-order valence-corrected chi connectivity index (χ2v) is 8.71. The Balaban J connectivity index is 0.000000781. The second-order valence-electron chi connectivity index (χ2n) is 8.71. The molecule has 0 fully saturated rings. The second kappa shape index (κ2) is 17.0. The van der Waals surface area contributed by atoms with Crippen LogP contribution in [0.1, 0.15) is 33.6 Å². The van der Waals surface area contributed by atoms with E-state index >= 15 is 0 Å². The fourth-order valence-electron chi connectivity index (χ4n) is 3.00. The van der Waals surface area contributed by atoms with Gasteiger partial charge in [0.05, 0.1) is 18.2 Å². The molecule has 0 atom stereocenters. The Bertz CT molecular complexity index is 1160. The van der Waals surface area contributed by atoms with Gasteiger partial charge in [0, 0.05) is 30.8 Å². The summed E-state index contributed by atoms with van der Waals surface area (Å²) >= 11 is 0. The van der Waals surface area contributed by atoms with Gasteiger partial charge in [0.1, 0.15) is 35.9 Å². The van der Waals surface area contributed by atoms with Crippen LogP contribution in [0, 0.1) is 5.82 Å². The maximum Gasteiger partial charge on any atom is 0.231 e. The first-order valence-corrected chi connectivity index (χ1v) is 12.1. The first-order valence-electron chi connectivity index (χ1n) is 12.1. The summed E-state index contributed by atoms with van der Waals surface area (Å²) < 4.78 is 37.7. The van der Waals surface area contributed by atoms with Gasteiger partial charge < -0.3 is 30.2 Å². The minimum absolute atomic E-state index is 0.208. The van der Waals surface area contributed by atoms with Crippen LogP contribution in [0.25, 0.3) is 12.4 Å². The third kappa shape index (κ3) is 12.6. The molecule has 0 saturated carbocycles. The molecule has 0 bridgehead atoms. The maximum atomic E-state index is 14.8. The topological polar surface area (TPSA) is 101 Å². The number of nitrogens with zero attached hydrogens (tertiary/aromatic N) is 1. The number of hydrogen-bond acceptors (Lipinski definition) is 7. The van der Waals surface area contributed by atoms with Gasteiger partial charge in [-0.1, -0.05) is 6.58 Å². The molecule has 0 spiro atoms. The van der Waals surface area contributed by atoms with E-state index in [2.05, 4.69) is 27.5 Å². The molecule has 0 heterocycles. The standard InChI is InChI=1S/C22H24FN3O4.C6H14FN/c1-4-24-22(21-15(2)13-18(14-19(21)23)30-12-11-29-3)26-17-7-5-16(6-8-17)25-20(28)9-10-27;1-6(2,7)4-5-8-3/h4-8,10,13-14,26H,2,9,11-12H2,1,3H3,(H,25,28);8H,4-5H2,1-3H3/b22-21-,24-4-;. The summed E-state index contributed by atoms with van der Waals surface area (Å²) in [5.41, 5.74) is 0.154. The molecule has 38 heavy (non-hydrogen) atoms. The van der Waals surface area contributed by atoms with E-state index in [0.717, 1.165) is 6.54 Å². The number of alkyl halides is 1. The number of benzene rings is 2. The summed E-state index contributed by atoms with van der Waals surface area (Å²) in [5, 5.41) is 9.18. The molecule has 0 aliphatic rings. The number of aliphatic imine (C=N–C) groups is 1. The monoisotopic (exact) mass is 532 g/mol. The molecule has 0 radical (unpaired) electrons. The minimum atomic E-state index is -1.01. The highest BCUT2D eigenvalue weighted by molar-refractivity contribution is 5.98. The van der Waals surface area contributed by atoms with Crippen LogP contribution < -0.4 is 31.1 Å². The fraction of sp³-hybridized carbons (Fsp3) is 0.393. The molecular formula is C28H38F2N4O4. The first-order chi connectivity index (χ1) is 18.0. The highest BCUT2D eigenvalue weighted by Crippen LogP contribution is 2.16. The van der Waals surface area contributed by atoms with E-state index in [1.54, 1.807) is 58.2 Å². The van der Waals surface area contributed by atoms with Crippen molar-refractivity contribution < 1.29 is 27.8 Å². The van der Waals surface area contributed by atoms with Crippen LogP contribution in [0.15, 0.2) is 41.4 Å². The number of ether oxygens (including phenoxy) is 2. The molecule has 3 N–H and O–H groups in total. The number of halogens is 2. The Morgan fingerprint density at radius 2 is 1.76 bits per heavy atom. The lowest BCUT2D eigenvalue weighted by Crippen LogP contribution is -2.31. The lowest BCUT2D eigenvalue weighted by molar-refractivity contribution is -0.119. The van der Waals surface area contributed by atoms with Crippen LogP contribution in [0.2, 0.25) is 0 Å². The van der Waals surface area contributed by atoms with Crippen LogP contribution >= 0.6 is 0 Å². The quantitative estimate of drug-likeness (QED) is 0.158. The summed E-state index contributed by atoms with van der Waals surface area (Å²) in [4.78, 5) is 26.1. The summed E-state index contributed by atoms with van der Waals surface area (Å²) in [6, 6.07) is 9.62. The van der Waals surface area contributed by atoms with Crippen molar-refractivity contribution in [3.05, 3.63) is 52.7 Å². The van der Waals surface area contributed by atoms with Crippen molar-refractivity contribution in [2.45, 2.75) is 39.3 Å². The van der Waals surface area contributed by atoms with Gasteiger partial charge in [0.15, 0.2) is 0 Å². The normalized spacial score (nSPS) is 11.9. The number of carbonyl (C=O) groups is 2. The summed E-state index contributed by atoms with van der Waals surface area (Å²) in [6.07, 6.45) is 2.45. The average Bonchev–Trinajstić information content (AvgIpc) is 2.84. The van der Waals surface area contributed by atoms with Crippen LogP contribution in [-0.2, 0) is 14.3 Å². The number of nitrogens with one attached hydrogen (secondary N) is 3. The van der Waals surface area contributed by atoms with Gasteiger partial charge in [-0.2, -0.15) is 0 Å². The van der Waals surface area contributed by atoms with Crippen LogP contribution in [0.4, 0.5) is 20.2 Å². The first kappa shape index (κ1) is 32.4. The van der Waals surface area contributed by atoms with Gasteiger partial charge in [-0.15, -0.1) is 0 Å². The van der Waals surface area contributed by atoms with Gasteiger partial charge >= 0.3 is 0 Å². The summed E-state index contributed by atoms with van der Waals surface area (Å²) in [6.45, 7) is 10.3. The Morgan fingerprint density at radius 1 is 1.13 bits per heavy atom. The third-order valence-corrected chi connectivity index (χ3v) is 4.87. The molecule has 0 aliphatic heterocycles. The SMILES string of the molecule is C=c1cc(OCCOC)cc(F)/c1=C(/N=C\C)Nc1ccc(NC(=O)CC=O)cc1.CNCCC(C)(C)F. The number of aldehydes is 1. The van der Waals surface area contributed by atoms with Gasteiger partial charge in [-0.3, -0.25) is 4.79 Å². The zero-order chi connectivity index (χ0) is 28.6. The Kier molecular flexibility index (Phi) is 14.5. The number of hydrogen-bond donors (Lipinski definition) is 3. The van der Waals surface area contributed by atoms with Crippen molar-refractivity contribution in [2.75, 3.05) is 44.5 Å². The number of carbonyl (C=O) groups excluding carboxylic acids is 2. The van der Waals surface area contributed by atoms with Crippen molar-refractivity contribution in [3.8, 4) is 5.75 Å². The zero-order valence-corrected chi connectivity index (χ0v) is 22.7. The van der Waals surface area contributed by atoms with Gasteiger partial charge in [0.25, 0.3) is 0 Å². The molecule has 2 rings (SSSR count). The van der Waals surface area contributed by atoms with E-state index in [1.165, 1.54) is 12.3 Å². The largest absolute Gasteiger partial charge is 0.491 e. The molecule has 8 nitrogen and oxygen atoms in total. The average molecular weight is 533 g/mol. The van der Waals surface area contributed by atoms with Crippen molar-refractivity contribution in [2.24, 2.45) is 4.99 Å². The van der Waals surface area contributed by atoms with E-state index < -0.39 is 17.4 Å². The molecule has 2 aromatic rings. The number of anilines is 2. The van der Waals surface area contributed by atoms with Gasteiger partial charge in [0.2, 0.25) is 5.91 Å². The molecule has 10 heteroatoms. The van der Waals surface area contributed by atoms with E-state index in [4.69, 9.17) is 9.47 Å². The van der Waals surface area contributed by atoms with Crippen molar-refractivity contribution in [3.63, 3.8) is 0 Å². The Labute approximate surface area is 222 Å². The lowest BCUT2D eigenvalue weighted by Gasteiger charge is -2.11. The highest BCUT2D eigenvalue weighted by atomic mass is 19.1. The molecule has 2 aromatic carbocycles. The smallest absolute Gasteiger partial charge is 0.231 e. The van der Waals surface area contributed by atoms with Gasteiger partial charge in [-0.05, 0) is 76.3 Å². The molecule has 0 unspecified atom stereocenters. The van der Waals surface area contributed by atoms with Crippen molar-refractivity contribution in [1.82, 2.24) is 5.32 Å². The number of methoxy groups -OCH3 is 1. The molecule has 0 aliphatic carbocycles. The highest BCUT2D eigenvalue weighted by Gasteiger charge is 2.13. The molecule has 0 aromatic heterocycles. The summed E-state index contributed by atoms with van der Waals surface area (Å²) in [5.74, 6) is -0.291. The lowest BCUT2D eigenvalue weighted by atomic mass is 10.1. The number of amides is 1. The van der Waals surface area contributed by atoms with Crippen molar-refractivity contribution >= 4 is 42.2 Å². The predicted molar refractivity (Wildman–Crippen MR) is 149 cm³/mol. The van der Waals surface area contributed by atoms with Crippen LogP contribution in [-0.4, -0.2) is 58.0 Å². The minimum Gasteiger partial charge on any atom is -0.491 e. The molecule has 1 amide bonds. The van der Waals surface area contributed by atoms with E-state index in [9.17, 15) is 18.4 Å². The molecule has 0 saturated heterocycles.